The van der Waals surface area contributed by atoms with E-state index in [1.807, 2.05) is 0 Å². The van der Waals surface area contributed by atoms with Gasteiger partial charge in [0.2, 0.25) is 0 Å². The molecule has 0 atom stereocenters. The van der Waals surface area contributed by atoms with Crippen LogP contribution in [-0.4, -0.2) is 72.0 Å². The molecule has 0 bridgehead atoms. The first-order valence-corrected chi connectivity index (χ1v) is 9.79. The van der Waals surface area contributed by atoms with Crippen molar-refractivity contribution in [2.24, 2.45) is 0 Å². The van der Waals surface area contributed by atoms with Crippen molar-refractivity contribution in [1.29, 1.82) is 0 Å². The van der Waals surface area contributed by atoms with E-state index in [-0.39, 0.29) is 0 Å². The summed E-state index contributed by atoms with van der Waals surface area (Å²) < 4.78 is 279. The van der Waals surface area contributed by atoms with Gasteiger partial charge in [-0.3, -0.25) is 0 Å². The third kappa shape index (κ3) is 6.89. The molecular weight excluding hydrogens is 711 g/mol. The molecule has 0 aromatic heterocycles. The summed E-state index contributed by atoms with van der Waals surface area (Å²) in [6.45, 7) is 0. The first-order chi connectivity index (χ1) is 19.5. The van der Waals surface area contributed by atoms with Gasteiger partial charge in [0.05, 0.1) is 0 Å². The van der Waals surface area contributed by atoms with E-state index in [0.717, 1.165) is 0 Å². The van der Waals surface area contributed by atoms with E-state index in [9.17, 15) is 107 Å². The van der Waals surface area contributed by atoms with Crippen molar-refractivity contribution in [1.82, 2.24) is 0 Å². The lowest BCUT2D eigenvalue weighted by Gasteiger charge is -2.27. The molecule has 0 heterocycles. The van der Waals surface area contributed by atoms with Crippen LogP contribution in [0.2, 0.25) is 0 Å². The molecule has 0 unspecified atom stereocenters. The Labute approximate surface area is 229 Å². The standard InChI is InChI=1S/C18H3F21O6/c19-10(20,13(25,26)16(31,32)33)7(40)43-4-1-5(44-8(41)11(21,22)14(27,28)17(34,35)36)3-6(2-4)45-9(42)12(23,24)15(29,30)18(37,38)39/h1-3H. The number of carbonyl (C=O) groups is 3. The molecule has 1 rings (SSSR count). The molecule has 27 heteroatoms. The summed E-state index contributed by atoms with van der Waals surface area (Å²) in [5.41, 5.74) is 0. The molecule has 0 saturated carbocycles. The van der Waals surface area contributed by atoms with Crippen LogP contribution in [0.3, 0.4) is 0 Å². The maximum atomic E-state index is 13.5. The zero-order valence-corrected chi connectivity index (χ0v) is 19.6. The molecule has 0 N–H and O–H groups in total. The minimum Gasteiger partial charge on any atom is -0.422 e. The van der Waals surface area contributed by atoms with E-state index in [0.29, 0.717) is 0 Å². The van der Waals surface area contributed by atoms with Gasteiger partial charge < -0.3 is 14.2 Å². The maximum Gasteiger partial charge on any atom is 0.460 e. The Hall–Kier alpha value is -3.84. The average Bonchev–Trinajstić information content (AvgIpc) is 2.81. The first-order valence-electron chi connectivity index (χ1n) is 9.79. The van der Waals surface area contributed by atoms with Crippen LogP contribution >= 0.6 is 0 Å². The van der Waals surface area contributed by atoms with Crippen LogP contribution in [-0.2, 0) is 14.4 Å². The average molecular weight is 714 g/mol. The molecule has 0 aliphatic rings. The SMILES string of the molecule is O=C(Oc1cc(OC(=O)C(F)(F)C(F)(F)C(F)(F)F)cc(OC(=O)C(F)(F)C(F)(F)C(F)(F)F)c1)C(F)(F)C(F)(F)C(F)(F)F. The molecule has 0 radical (unpaired) electrons. The molecule has 0 fully saturated rings. The van der Waals surface area contributed by atoms with E-state index in [1.54, 1.807) is 0 Å². The van der Waals surface area contributed by atoms with Crippen molar-refractivity contribution in [3.8, 4) is 17.2 Å². The van der Waals surface area contributed by atoms with Crippen molar-refractivity contribution < 1.29 is 121 Å². The topological polar surface area (TPSA) is 78.9 Å². The Bertz CT molecular complexity index is 1140. The smallest absolute Gasteiger partial charge is 0.422 e. The molecule has 258 valence electrons. The number of esters is 3. The second kappa shape index (κ2) is 11.2. The second-order valence-electron chi connectivity index (χ2n) is 7.75. The van der Waals surface area contributed by atoms with E-state index >= 15 is 0 Å². The molecule has 6 nitrogen and oxygen atoms in total. The van der Waals surface area contributed by atoms with E-state index in [4.69, 9.17) is 0 Å². The van der Waals surface area contributed by atoms with Gasteiger partial charge in [-0.2, -0.15) is 92.2 Å². The quantitative estimate of drug-likeness (QED) is 0.158. The number of halogens is 21. The predicted molar refractivity (Wildman–Crippen MR) is 91.2 cm³/mol. The van der Waals surface area contributed by atoms with Gasteiger partial charge in [0, 0.05) is 18.2 Å². The van der Waals surface area contributed by atoms with E-state index < -0.39 is 107 Å². The van der Waals surface area contributed by atoms with Gasteiger partial charge in [-0.25, -0.2) is 14.4 Å². The van der Waals surface area contributed by atoms with E-state index in [1.165, 1.54) is 0 Å². The Morgan fingerprint density at radius 2 is 0.511 bits per heavy atom. The maximum absolute atomic E-state index is 13.5. The fourth-order valence-corrected chi connectivity index (χ4v) is 2.15. The van der Waals surface area contributed by atoms with Crippen LogP contribution in [0.5, 0.6) is 17.2 Å². The third-order valence-corrected chi connectivity index (χ3v) is 4.51. The molecule has 1 aromatic carbocycles. The fourth-order valence-electron chi connectivity index (χ4n) is 2.15. The van der Waals surface area contributed by atoms with Crippen LogP contribution in [0, 0.1) is 0 Å². The summed E-state index contributed by atoms with van der Waals surface area (Å²) >= 11 is 0. The first kappa shape index (κ1) is 39.2. The molecule has 0 aliphatic heterocycles. The summed E-state index contributed by atoms with van der Waals surface area (Å²) in [6.07, 6.45) is -21.8. The molecule has 1 aromatic rings. The zero-order valence-electron chi connectivity index (χ0n) is 19.6. The predicted octanol–water partition coefficient (Wildman–Crippen LogP) is 6.90. The van der Waals surface area contributed by atoms with Gasteiger partial charge in [-0.1, -0.05) is 0 Å². The summed E-state index contributed by atoms with van der Waals surface area (Å²) in [6, 6.07) is -2.17. The highest BCUT2D eigenvalue weighted by atomic mass is 19.4. The highest BCUT2D eigenvalue weighted by molar-refractivity contribution is 5.84. The van der Waals surface area contributed by atoms with Gasteiger partial charge in [0.1, 0.15) is 17.2 Å². The van der Waals surface area contributed by atoms with Gasteiger partial charge in [0.15, 0.2) is 0 Å². The van der Waals surface area contributed by atoms with Crippen LogP contribution < -0.4 is 14.2 Å². The van der Waals surface area contributed by atoms with E-state index in [2.05, 4.69) is 14.2 Å². The number of ether oxygens (including phenoxy) is 3. The lowest BCUT2D eigenvalue weighted by Crippen LogP contribution is -2.57. The van der Waals surface area contributed by atoms with Gasteiger partial charge in [-0.05, 0) is 0 Å². The highest BCUT2D eigenvalue weighted by Gasteiger charge is 2.79. The molecule has 0 amide bonds. The summed E-state index contributed by atoms with van der Waals surface area (Å²) in [7, 11) is 0. The second-order valence-corrected chi connectivity index (χ2v) is 7.75. The monoisotopic (exact) mass is 714 g/mol. The Morgan fingerprint density at radius 3 is 0.644 bits per heavy atom. The van der Waals surface area contributed by atoms with Crippen molar-refractivity contribution in [3.63, 3.8) is 0 Å². The zero-order chi connectivity index (χ0) is 36.2. The molecule has 0 saturated heterocycles. The number of carbonyl (C=O) groups excluding carboxylic acids is 3. The third-order valence-electron chi connectivity index (χ3n) is 4.51. The van der Waals surface area contributed by atoms with Crippen molar-refractivity contribution in [2.45, 2.75) is 54.1 Å². The molecule has 0 aliphatic carbocycles. The molecule has 45 heavy (non-hydrogen) atoms. The van der Waals surface area contributed by atoms with Crippen LogP contribution in [0.25, 0.3) is 0 Å². The molecular formula is C18H3F21O6. The number of rotatable bonds is 9. The van der Waals surface area contributed by atoms with Crippen LogP contribution in [0.15, 0.2) is 18.2 Å². The van der Waals surface area contributed by atoms with Gasteiger partial charge >= 0.3 is 72.0 Å². The summed E-state index contributed by atoms with van der Waals surface area (Å²) in [4.78, 5) is 34.0. The largest absolute Gasteiger partial charge is 0.460 e. The number of hydrogen-bond donors (Lipinski definition) is 0. The van der Waals surface area contributed by atoms with Crippen LogP contribution in [0.1, 0.15) is 0 Å². The van der Waals surface area contributed by atoms with Crippen molar-refractivity contribution >= 4 is 17.9 Å². The van der Waals surface area contributed by atoms with Crippen molar-refractivity contribution in [3.05, 3.63) is 18.2 Å². The molecule has 0 spiro atoms. The highest BCUT2D eigenvalue weighted by Crippen LogP contribution is 2.50. The lowest BCUT2D eigenvalue weighted by molar-refractivity contribution is -0.346. The Balaban J connectivity index is 3.73. The number of hydrogen-bond acceptors (Lipinski definition) is 6. The Kier molecular flexibility index (Phi) is 9.75. The van der Waals surface area contributed by atoms with Crippen molar-refractivity contribution in [2.75, 3.05) is 0 Å². The number of alkyl halides is 21. The number of benzene rings is 1. The van der Waals surface area contributed by atoms with Crippen LogP contribution in [0.4, 0.5) is 92.2 Å². The van der Waals surface area contributed by atoms with Gasteiger partial charge in [-0.15, -0.1) is 0 Å². The lowest BCUT2D eigenvalue weighted by atomic mass is 10.1. The van der Waals surface area contributed by atoms with Gasteiger partial charge in [0.25, 0.3) is 0 Å². The summed E-state index contributed by atoms with van der Waals surface area (Å²) in [5.74, 6) is -62.5. The fraction of sp³-hybridized carbons (Fsp3) is 0.500. The summed E-state index contributed by atoms with van der Waals surface area (Å²) in [5, 5.41) is 0. The minimum atomic E-state index is -7.35. The minimum absolute atomic E-state index is 0.723. The Morgan fingerprint density at radius 1 is 0.356 bits per heavy atom. The normalized spacial score (nSPS) is 14.6.